The maximum absolute atomic E-state index is 12.5. The summed E-state index contributed by atoms with van der Waals surface area (Å²) in [5.74, 6) is -1.00. The summed E-state index contributed by atoms with van der Waals surface area (Å²) in [6, 6.07) is 11.7. The topological polar surface area (TPSA) is 75.6 Å². The molecule has 5 nitrogen and oxygen atoms in total. The van der Waals surface area contributed by atoms with Gasteiger partial charge in [0.25, 0.3) is 0 Å². The number of hydrogen-bond acceptors (Lipinski definition) is 3. The van der Waals surface area contributed by atoms with E-state index in [9.17, 15) is 14.5 Å². The van der Waals surface area contributed by atoms with E-state index in [0.717, 1.165) is 10.8 Å². The molecule has 124 valence electrons. The van der Waals surface area contributed by atoms with Crippen molar-refractivity contribution in [2.45, 2.75) is 26.3 Å². The largest absolute Gasteiger partial charge is 0.480 e. The molecule has 0 spiro atoms. The van der Waals surface area contributed by atoms with Gasteiger partial charge in [0.1, 0.15) is 11.8 Å². The maximum atomic E-state index is 12.5. The van der Waals surface area contributed by atoms with Crippen LogP contribution in [0.25, 0.3) is 10.8 Å². The van der Waals surface area contributed by atoms with Gasteiger partial charge >= 0.3 is 12.8 Å². The molecule has 0 aliphatic rings. The molecule has 3 unspecified atom stereocenters. The van der Waals surface area contributed by atoms with Crippen molar-refractivity contribution < 1.29 is 19.0 Å². The first kappa shape index (κ1) is 17.8. The average molecular weight is 356 g/mol. The lowest BCUT2D eigenvalue weighted by molar-refractivity contribution is -0.140. The number of fused-ring (bicyclic) bond motifs is 1. The standard InChI is InChI=1S/C16H19ClNO4P/c1-3-11(2)15(16(19)20)18-23(17,21)22-14-10-6-8-12-7-4-5-9-13(12)14/h4-11,15H,3H2,1-2H3,(H,18,21)(H,19,20). The van der Waals surface area contributed by atoms with E-state index in [2.05, 4.69) is 5.09 Å². The van der Waals surface area contributed by atoms with Gasteiger partial charge < -0.3 is 9.63 Å². The number of rotatable bonds is 7. The summed E-state index contributed by atoms with van der Waals surface area (Å²) < 4.78 is 18.0. The summed E-state index contributed by atoms with van der Waals surface area (Å²) in [6.07, 6.45) is 0.606. The van der Waals surface area contributed by atoms with Crippen LogP contribution in [0.4, 0.5) is 0 Å². The minimum Gasteiger partial charge on any atom is -0.480 e. The van der Waals surface area contributed by atoms with Crippen molar-refractivity contribution in [3.05, 3.63) is 42.5 Å². The number of hydrogen-bond donors (Lipinski definition) is 2. The summed E-state index contributed by atoms with van der Waals surface area (Å²) >= 11 is 5.97. The van der Waals surface area contributed by atoms with E-state index in [1.165, 1.54) is 0 Å². The lowest BCUT2D eigenvalue weighted by Gasteiger charge is -2.23. The van der Waals surface area contributed by atoms with Crippen LogP contribution in [-0.2, 0) is 9.36 Å². The summed E-state index contributed by atoms with van der Waals surface area (Å²) in [7, 11) is 0. The number of carbonyl (C=O) groups is 1. The second-order valence-corrected chi connectivity index (χ2v) is 8.11. The van der Waals surface area contributed by atoms with Crippen LogP contribution in [0.1, 0.15) is 20.3 Å². The Morgan fingerprint density at radius 3 is 2.61 bits per heavy atom. The highest BCUT2D eigenvalue weighted by Gasteiger charge is 2.33. The molecule has 2 N–H and O–H groups in total. The van der Waals surface area contributed by atoms with Gasteiger partial charge in [0.2, 0.25) is 0 Å². The predicted molar refractivity (Wildman–Crippen MR) is 92.1 cm³/mol. The molecule has 23 heavy (non-hydrogen) atoms. The van der Waals surface area contributed by atoms with Gasteiger partial charge in [0, 0.05) is 16.6 Å². The highest BCUT2D eigenvalue weighted by molar-refractivity contribution is 7.84. The van der Waals surface area contributed by atoms with Crippen molar-refractivity contribution in [1.82, 2.24) is 5.09 Å². The SMILES string of the molecule is CCC(C)C(NP(=O)(Cl)Oc1cccc2ccccc12)C(=O)O. The van der Waals surface area contributed by atoms with Crippen LogP contribution in [0.2, 0.25) is 0 Å². The maximum Gasteiger partial charge on any atom is 0.409 e. The quantitative estimate of drug-likeness (QED) is 0.707. The normalized spacial score (nSPS) is 16.5. The third kappa shape index (κ3) is 4.47. The molecule has 0 aliphatic heterocycles. The number of nitrogens with one attached hydrogen (secondary N) is 1. The Hall–Kier alpha value is -1.55. The van der Waals surface area contributed by atoms with Crippen LogP contribution in [0.15, 0.2) is 42.5 Å². The summed E-state index contributed by atoms with van der Waals surface area (Å²) in [5.41, 5.74) is 0. The molecule has 0 bridgehead atoms. The van der Waals surface area contributed by atoms with E-state index in [1.54, 1.807) is 19.1 Å². The molecule has 2 aromatic rings. The predicted octanol–water partition coefficient (Wildman–Crippen LogP) is 4.65. The van der Waals surface area contributed by atoms with E-state index in [-0.39, 0.29) is 5.92 Å². The molecule has 0 aliphatic carbocycles. The minimum absolute atomic E-state index is 0.240. The Morgan fingerprint density at radius 2 is 1.96 bits per heavy atom. The molecule has 0 aromatic heterocycles. The Kier molecular flexibility index (Phi) is 5.69. The highest BCUT2D eigenvalue weighted by atomic mass is 35.7. The number of carboxylic acids is 1. The van der Waals surface area contributed by atoms with Gasteiger partial charge in [-0.25, -0.2) is 9.65 Å². The van der Waals surface area contributed by atoms with Gasteiger partial charge in [-0.2, -0.15) is 0 Å². The van der Waals surface area contributed by atoms with Crippen LogP contribution < -0.4 is 9.61 Å². The molecule has 0 amide bonds. The fraction of sp³-hybridized carbons (Fsp3) is 0.312. The van der Waals surface area contributed by atoms with Crippen LogP contribution in [0, 0.1) is 5.92 Å². The number of benzene rings is 2. The molecule has 3 atom stereocenters. The van der Waals surface area contributed by atoms with Gasteiger partial charge in [-0.1, -0.05) is 56.7 Å². The first-order valence-corrected chi connectivity index (χ1v) is 9.84. The Bertz CT molecular complexity index is 746. The van der Waals surface area contributed by atoms with E-state index < -0.39 is 18.9 Å². The lowest BCUT2D eigenvalue weighted by atomic mass is 10.0. The van der Waals surface area contributed by atoms with Crippen LogP contribution in [-0.4, -0.2) is 17.1 Å². The highest BCUT2D eigenvalue weighted by Crippen LogP contribution is 2.50. The number of carboxylic acid groups (broad SMARTS) is 1. The molecule has 0 saturated carbocycles. The number of halogens is 1. The van der Waals surface area contributed by atoms with Gasteiger partial charge in [-0.3, -0.25) is 4.79 Å². The Balaban J connectivity index is 2.26. The third-order valence-electron chi connectivity index (χ3n) is 3.74. The summed E-state index contributed by atoms with van der Waals surface area (Å²) in [5, 5.41) is 13.4. The molecular formula is C16H19ClNO4P. The van der Waals surface area contributed by atoms with E-state index in [1.807, 2.05) is 37.3 Å². The zero-order chi connectivity index (χ0) is 17.0. The van der Waals surface area contributed by atoms with Gasteiger partial charge in [0.15, 0.2) is 0 Å². The molecule has 0 radical (unpaired) electrons. The summed E-state index contributed by atoms with van der Waals surface area (Å²) in [6.45, 7) is -0.250. The van der Waals surface area contributed by atoms with Crippen molar-refractivity contribution in [3.63, 3.8) is 0 Å². The van der Waals surface area contributed by atoms with E-state index >= 15 is 0 Å². The van der Waals surface area contributed by atoms with Gasteiger partial charge in [-0.15, -0.1) is 0 Å². The fourth-order valence-electron chi connectivity index (χ4n) is 2.26. The lowest BCUT2D eigenvalue weighted by Crippen LogP contribution is -2.39. The van der Waals surface area contributed by atoms with Gasteiger partial charge in [0.05, 0.1) is 0 Å². The van der Waals surface area contributed by atoms with E-state index in [4.69, 9.17) is 15.8 Å². The van der Waals surface area contributed by atoms with Crippen molar-refractivity contribution in [3.8, 4) is 5.75 Å². The van der Waals surface area contributed by atoms with Crippen LogP contribution in [0.3, 0.4) is 0 Å². The van der Waals surface area contributed by atoms with Crippen molar-refractivity contribution in [1.29, 1.82) is 0 Å². The van der Waals surface area contributed by atoms with Crippen LogP contribution in [0.5, 0.6) is 5.75 Å². The molecule has 0 heterocycles. The Morgan fingerprint density at radius 1 is 1.30 bits per heavy atom. The average Bonchev–Trinajstić information content (AvgIpc) is 2.52. The number of aliphatic carboxylic acids is 1. The minimum atomic E-state index is -3.85. The second-order valence-electron chi connectivity index (χ2n) is 5.38. The third-order valence-corrected chi connectivity index (χ3v) is 5.26. The van der Waals surface area contributed by atoms with Crippen molar-refractivity contribution >= 4 is 34.9 Å². The molecule has 0 fully saturated rings. The zero-order valence-corrected chi connectivity index (χ0v) is 14.6. The molecule has 7 heteroatoms. The van der Waals surface area contributed by atoms with Crippen LogP contribution >= 0.6 is 18.1 Å². The van der Waals surface area contributed by atoms with Gasteiger partial charge in [-0.05, 0) is 17.4 Å². The second kappa shape index (κ2) is 7.35. The fourth-order valence-corrected chi connectivity index (χ4v) is 3.96. The summed E-state index contributed by atoms with van der Waals surface area (Å²) in [4.78, 5) is 11.3. The molecular weight excluding hydrogens is 337 g/mol. The Labute approximate surface area is 139 Å². The van der Waals surface area contributed by atoms with Crippen molar-refractivity contribution in [2.75, 3.05) is 0 Å². The first-order chi connectivity index (χ1) is 10.8. The van der Waals surface area contributed by atoms with Crippen molar-refractivity contribution in [2.24, 2.45) is 5.92 Å². The molecule has 2 aromatic carbocycles. The first-order valence-electron chi connectivity index (χ1n) is 7.31. The zero-order valence-electron chi connectivity index (χ0n) is 12.9. The molecule has 0 saturated heterocycles. The van der Waals surface area contributed by atoms with E-state index in [0.29, 0.717) is 12.2 Å². The monoisotopic (exact) mass is 355 g/mol. The smallest absolute Gasteiger partial charge is 0.409 e. The molecule has 2 rings (SSSR count).